The highest BCUT2D eigenvalue weighted by molar-refractivity contribution is 5.89. The van der Waals surface area contributed by atoms with E-state index in [1.54, 1.807) is 0 Å². The van der Waals surface area contributed by atoms with Gasteiger partial charge < -0.3 is 4.74 Å². The number of rotatable bonds is 12. The van der Waals surface area contributed by atoms with Gasteiger partial charge in [-0.25, -0.2) is 4.79 Å². The molecular formula is C25H33N3O2. The molecule has 5 nitrogen and oxygen atoms in total. The highest BCUT2D eigenvalue weighted by atomic mass is 16.5. The Hall–Kier alpha value is -2.78. The maximum Gasteiger partial charge on any atom is 0.333 e. The van der Waals surface area contributed by atoms with Crippen molar-refractivity contribution >= 4 is 12.0 Å². The minimum absolute atomic E-state index is 0.119. The lowest BCUT2D eigenvalue weighted by molar-refractivity contribution is -0.139. The quantitative estimate of drug-likeness (QED) is 0.0709. The molecule has 2 rings (SSSR count). The molecule has 160 valence electrons. The maximum absolute atomic E-state index is 12.9. The molecule has 0 amide bonds. The summed E-state index contributed by atoms with van der Waals surface area (Å²) in [6, 6.07) is 10.3. The van der Waals surface area contributed by atoms with Crippen molar-refractivity contribution in [2.75, 3.05) is 13.2 Å². The number of esters is 1. The van der Waals surface area contributed by atoms with Gasteiger partial charge in [0.05, 0.1) is 13.2 Å². The van der Waals surface area contributed by atoms with E-state index in [1.165, 1.54) is 12.0 Å². The Balaban J connectivity index is 2.13. The van der Waals surface area contributed by atoms with E-state index in [2.05, 4.69) is 47.0 Å². The normalized spacial score (nSPS) is 19.3. The van der Waals surface area contributed by atoms with E-state index in [1.807, 2.05) is 24.3 Å². The molecule has 1 aliphatic carbocycles. The molecule has 1 aliphatic rings. The molecule has 1 saturated carbocycles. The summed E-state index contributed by atoms with van der Waals surface area (Å²) in [6.45, 7) is 4.05. The van der Waals surface area contributed by atoms with Crippen molar-refractivity contribution in [3.63, 3.8) is 0 Å². The fourth-order valence-electron chi connectivity index (χ4n) is 3.96. The Morgan fingerprint density at radius 3 is 2.73 bits per heavy atom. The first-order valence-corrected chi connectivity index (χ1v) is 11.0. The van der Waals surface area contributed by atoms with Gasteiger partial charge in [0.15, 0.2) is 0 Å². The number of hydrogen-bond acceptors (Lipinski definition) is 3. The summed E-state index contributed by atoms with van der Waals surface area (Å²) in [4.78, 5) is 15.6. The molecule has 0 radical (unpaired) electrons. The molecule has 0 spiro atoms. The van der Waals surface area contributed by atoms with E-state index in [-0.39, 0.29) is 25.0 Å². The third kappa shape index (κ3) is 8.30. The molecule has 0 heterocycles. The van der Waals surface area contributed by atoms with Crippen molar-refractivity contribution in [1.82, 2.24) is 0 Å². The van der Waals surface area contributed by atoms with Gasteiger partial charge in [-0.05, 0) is 61.5 Å². The van der Waals surface area contributed by atoms with Gasteiger partial charge in [0.25, 0.3) is 0 Å². The summed E-state index contributed by atoms with van der Waals surface area (Å²) < 4.78 is 5.44. The Morgan fingerprint density at radius 1 is 1.20 bits per heavy atom. The third-order valence-corrected chi connectivity index (χ3v) is 5.50. The van der Waals surface area contributed by atoms with Gasteiger partial charge in [-0.1, -0.05) is 72.6 Å². The molecule has 1 aromatic carbocycles. The first-order chi connectivity index (χ1) is 14.8. The van der Waals surface area contributed by atoms with Crippen LogP contribution in [0.4, 0.5) is 0 Å². The van der Waals surface area contributed by atoms with Crippen LogP contribution in [0.1, 0.15) is 56.9 Å². The molecule has 0 bridgehead atoms. The summed E-state index contributed by atoms with van der Waals surface area (Å²) >= 11 is 0. The molecule has 1 fully saturated rings. The van der Waals surface area contributed by atoms with E-state index in [9.17, 15) is 4.79 Å². The van der Waals surface area contributed by atoms with E-state index < -0.39 is 0 Å². The summed E-state index contributed by atoms with van der Waals surface area (Å²) in [6.07, 6.45) is 16.8. The summed E-state index contributed by atoms with van der Waals surface area (Å²) in [5, 5.41) is 3.45. The Kier molecular flexibility index (Phi) is 11.2. The smallest absolute Gasteiger partial charge is 0.333 e. The van der Waals surface area contributed by atoms with Crippen molar-refractivity contribution in [3.8, 4) is 0 Å². The van der Waals surface area contributed by atoms with Gasteiger partial charge in [0, 0.05) is 10.5 Å². The van der Waals surface area contributed by atoms with Crippen LogP contribution in [0.25, 0.3) is 16.5 Å². The van der Waals surface area contributed by atoms with Crippen LogP contribution in [0.15, 0.2) is 65.8 Å². The maximum atomic E-state index is 12.9. The van der Waals surface area contributed by atoms with Crippen LogP contribution in [0.2, 0.25) is 0 Å². The molecule has 30 heavy (non-hydrogen) atoms. The second-order valence-corrected chi connectivity index (χ2v) is 7.65. The van der Waals surface area contributed by atoms with Crippen LogP contribution in [0.5, 0.6) is 0 Å². The topological polar surface area (TPSA) is 75.1 Å². The molecule has 0 saturated heterocycles. The van der Waals surface area contributed by atoms with Crippen molar-refractivity contribution in [2.24, 2.45) is 17.0 Å². The third-order valence-electron chi connectivity index (χ3n) is 5.50. The largest absolute Gasteiger partial charge is 0.462 e. The molecule has 0 aromatic heterocycles. The molecule has 2 unspecified atom stereocenters. The van der Waals surface area contributed by atoms with Gasteiger partial charge in [0.1, 0.15) is 0 Å². The van der Waals surface area contributed by atoms with Gasteiger partial charge in [-0.2, -0.15) is 0 Å². The van der Waals surface area contributed by atoms with E-state index in [0.717, 1.165) is 50.5 Å². The zero-order valence-electron chi connectivity index (χ0n) is 17.8. The second-order valence-electron chi connectivity index (χ2n) is 7.65. The molecule has 2 atom stereocenters. The number of azide groups is 1. The lowest BCUT2D eigenvalue weighted by atomic mass is 9.74. The van der Waals surface area contributed by atoms with Gasteiger partial charge in [0.2, 0.25) is 0 Å². The summed E-state index contributed by atoms with van der Waals surface area (Å²) in [7, 11) is 0. The Bertz CT molecular complexity index is 764. The minimum Gasteiger partial charge on any atom is -0.462 e. The van der Waals surface area contributed by atoms with Gasteiger partial charge >= 0.3 is 5.97 Å². The predicted molar refractivity (Wildman–Crippen MR) is 123 cm³/mol. The van der Waals surface area contributed by atoms with E-state index in [0.29, 0.717) is 5.92 Å². The number of ether oxygens (including phenoxy) is 1. The van der Waals surface area contributed by atoms with Crippen LogP contribution in [0, 0.1) is 11.8 Å². The zero-order chi connectivity index (χ0) is 21.4. The lowest BCUT2D eigenvalue weighted by Gasteiger charge is -2.31. The molecule has 5 heteroatoms. The number of carbonyl (C=O) groups is 1. The van der Waals surface area contributed by atoms with Gasteiger partial charge in [-0.3, -0.25) is 0 Å². The van der Waals surface area contributed by atoms with Crippen molar-refractivity contribution < 1.29 is 9.53 Å². The van der Waals surface area contributed by atoms with Crippen molar-refractivity contribution in [3.05, 3.63) is 76.7 Å². The molecule has 0 N–H and O–H groups in total. The predicted octanol–water partition coefficient (Wildman–Crippen LogP) is 7.03. The van der Waals surface area contributed by atoms with Crippen LogP contribution in [0.3, 0.4) is 0 Å². The SMILES string of the molecule is C=CCCCC/C=C(/C(=O)OCCN=[N+]=[N-])C1CCCCC1/C=C/c1ccccc1. The zero-order valence-corrected chi connectivity index (χ0v) is 17.8. The van der Waals surface area contributed by atoms with Crippen LogP contribution >= 0.6 is 0 Å². The van der Waals surface area contributed by atoms with Crippen molar-refractivity contribution in [1.29, 1.82) is 0 Å². The minimum atomic E-state index is -0.267. The fraction of sp³-hybridized carbons (Fsp3) is 0.480. The van der Waals surface area contributed by atoms with Gasteiger partial charge in [-0.15, -0.1) is 6.58 Å². The molecule has 1 aromatic rings. The number of hydrogen-bond donors (Lipinski definition) is 0. The Morgan fingerprint density at radius 2 is 1.97 bits per heavy atom. The van der Waals surface area contributed by atoms with Crippen LogP contribution < -0.4 is 0 Å². The highest BCUT2D eigenvalue weighted by Crippen LogP contribution is 2.37. The molecular weight excluding hydrogens is 374 g/mol. The average Bonchev–Trinajstić information content (AvgIpc) is 2.79. The number of nitrogens with zero attached hydrogens (tertiary/aromatic N) is 3. The lowest BCUT2D eigenvalue weighted by Crippen LogP contribution is -2.25. The van der Waals surface area contributed by atoms with Crippen LogP contribution in [-0.4, -0.2) is 19.1 Å². The number of allylic oxidation sites excluding steroid dienone is 3. The first-order valence-electron chi connectivity index (χ1n) is 11.0. The second kappa shape index (κ2) is 14.2. The summed E-state index contributed by atoms with van der Waals surface area (Å²) in [5.41, 5.74) is 10.4. The number of carbonyl (C=O) groups excluding carboxylic acids is 1. The summed E-state index contributed by atoms with van der Waals surface area (Å²) in [5.74, 6) is 0.227. The number of unbranched alkanes of at least 4 members (excludes halogenated alkanes) is 3. The first kappa shape index (κ1) is 23.5. The van der Waals surface area contributed by atoms with E-state index in [4.69, 9.17) is 10.3 Å². The molecule has 0 aliphatic heterocycles. The monoisotopic (exact) mass is 407 g/mol. The average molecular weight is 408 g/mol. The standard InChI is InChI=1S/C25H33N3O2/c1-2-3-4-5-9-16-24(25(29)30-20-19-27-28-26)23-15-11-10-14-22(23)18-17-21-12-7-6-8-13-21/h2,6-8,12-13,16-18,22-23H,1,3-5,9-11,14-15,19-20H2/b18-17+,24-16+. The highest BCUT2D eigenvalue weighted by Gasteiger charge is 2.30. The number of benzene rings is 1. The van der Waals surface area contributed by atoms with Crippen molar-refractivity contribution in [2.45, 2.75) is 51.4 Å². The fourth-order valence-corrected chi connectivity index (χ4v) is 3.96. The van der Waals surface area contributed by atoms with Crippen LogP contribution in [-0.2, 0) is 9.53 Å². The van der Waals surface area contributed by atoms with E-state index >= 15 is 0 Å². The Labute approximate surface area is 180 Å².